The van der Waals surface area contributed by atoms with Crippen LogP contribution in [0.1, 0.15) is 16.8 Å². The van der Waals surface area contributed by atoms with Gasteiger partial charge in [0.2, 0.25) is 0 Å². The first-order chi connectivity index (χ1) is 12.9. The zero-order chi connectivity index (χ0) is 17.6. The minimum Gasteiger partial charge on any atom is -0.260 e. The van der Waals surface area contributed by atoms with Gasteiger partial charge in [0.15, 0.2) is 5.82 Å². The molecule has 126 valence electrons. The maximum Gasteiger partial charge on any atom is 0.169 e. The molecule has 1 aromatic heterocycles. The summed E-state index contributed by atoms with van der Waals surface area (Å²) in [5.74, 6) is 0.680. The third-order valence-corrected chi connectivity index (χ3v) is 4.04. The van der Waals surface area contributed by atoms with Crippen LogP contribution in [0.2, 0.25) is 0 Å². The van der Waals surface area contributed by atoms with Crippen LogP contribution in [0, 0.1) is 0 Å². The number of nitrogens with one attached hydrogen (secondary N) is 1. The predicted molar refractivity (Wildman–Crippen MR) is 106 cm³/mol. The number of nitrogens with zero attached hydrogens (tertiary/aromatic N) is 3. The molecule has 3 aromatic carbocycles. The number of para-hydroxylation sites is 2. The van der Waals surface area contributed by atoms with E-state index in [2.05, 4.69) is 22.7 Å². The molecule has 4 heteroatoms. The van der Waals surface area contributed by atoms with Gasteiger partial charge in [-0.15, -0.1) is 0 Å². The van der Waals surface area contributed by atoms with Crippen molar-refractivity contribution in [2.75, 3.05) is 5.43 Å². The van der Waals surface area contributed by atoms with Gasteiger partial charge in [0.1, 0.15) is 0 Å². The van der Waals surface area contributed by atoms with Crippen molar-refractivity contribution in [3.8, 4) is 0 Å². The Kier molecular flexibility index (Phi) is 4.65. The zero-order valence-electron chi connectivity index (χ0n) is 14.2. The molecule has 0 aliphatic carbocycles. The molecule has 1 N–H and O–H groups in total. The molecule has 0 saturated heterocycles. The predicted octanol–water partition coefficient (Wildman–Crippen LogP) is 4.67. The summed E-state index contributed by atoms with van der Waals surface area (Å²) in [5, 5.41) is 4.34. The van der Waals surface area contributed by atoms with Gasteiger partial charge in [-0.05, 0) is 23.3 Å². The fourth-order valence-electron chi connectivity index (χ4n) is 2.75. The maximum atomic E-state index is 4.80. The van der Waals surface area contributed by atoms with Gasteiger partial charge >= 0.3 is 0 Å². The Balaban J connectivity index is 1.66. The first-order valence-corrected chi connectivity index (χ1v) is 8.52. The van der Waals surface area contributed by atoms with Gasteiger partial charge < -0.3 is 0 Å². The van der Waals surface area contributed by atoms with Crippen molar-refractivity contribution in [3.63, 3.8) is 0 Å². The Morgan fingerprint density at radius 1 is 0.731 bits per heavy atom. The molecule has 0 spiro atoms. The minimum atomic E-state index is 0.680. The molecule has 1 heterocycles. The fraction of sp³-hybridized carbons (Fsp3) is 0.0455. The second kappa shape index (κ2) is 7.57. The second-order valence-electron chi connectivity index (χ2n) is 5.95. The Hall–Kier alpha value is -3.53. The van der Waals surface area contributed by atoms with E-state index in [0.29, 0.717) is 12.2 Å². The zero-order valence-corrected chi connectivity index (χ0v) is 14.2. The van der Waals surface area contributed by atoms with Crippen molar-refractivity contribution >= 4 is 23.1 Å². The number of benzene rings is 3. The lowest BCUT2D eigenvalue weighted by atomic mass is 10.1. The third kappa shape index (κ3) is 3.75. The van der Waals surface area contributed by atoms with Crippen molar-refractivity contribution in [2.24, 2.45) is 5.10 Å². The van der Waals surface area contributed by atoms with Gasteiger partial charge in [-0.1, -0.05) is 72.8 Å². The van der Waals surface area contributed by atoms with Crippen molar-refractivity contribution in [1.29, 1.82) is 0 Å². The summed E-state index contributed by atoms with van der Waals surface area (Å²) in [7, 11) is 0. The summed E-state index contributed by atoms with van der Waals surface area (Å²) in [4.78, 5) is 9.51. The summed E-state index contributed by atoms with van der Waals surface area (Å²) >= 11 is 0. The van der Waals surface area contributed by atoms with E-state index in [4.69, 9.17) is 9.97 Å². The first-order valence-electron chi connectivity index (χ1n) is 8.52. The maximum absolute atomic E-state index is 4.80. The Bertz CT molecular complexity index is 1030. The van der Waals surface area contributed by atoms with Crippen LogP contribution >= 0.6 is 0 Å². The topological polar surface area (TPSA) is 50.2 Å². The molecule has 0 radical (unpaired) electrons. The molecular weight excluding hydrogens is 320 g/mol. The quantitative estimate of drug-likeness (QED) is 0.425. The van der Waals surface area contributed by atoms with Crippen molar-refractivity contribution < 1.29 is 0 Å². The molecular formula is C22H18N4. The van der Waals surface area contributed by atoms with Crippen LogP contribution in [0.15, 0.2) is 90.0 Å². The minimum absolute atomic E-state index is 0.680. The molecule has 0 atom stereocenters. The van der Waals surface area contributed by atoms with Gasteiger partial charge in [0.05, 0.1) is 22.9 Å². The van der Waals surface area contributed by atoms with Crippen molar-refractivity contribution in [2.45, 2.75) is 6.42 Å². The van der Waals surface area contributed by atoms with E-state index < -0.39 is 0 Å². The molecule has 0 amide bonds. The summed E-state index contributed by atoms with van der Waals surface area (Å²) in [5.41, 5.74) is 7.89. The van der Waals surface area contributed by atoms with E-state index in [-0.39, 0.29) is 0 Å². The van der Waals surface area contributed by atoms with E-state index in [1.165, 1.54) is 5.56 Å². The lowest BCUT2D eigenvalue weighted by Crippen LogP contribution is -2.03. The fourth-order valence-corrected chi connectivity index (χ4v) is 2.75. The number of anilines is 1. The number of hydrazone groups is 1. The van der Waals surface area contributed by atoms with Crippen LogP contribution in [0.3, 0.4) is 0 Å². The highest BCUT2D eigenvalue weighted by atomic mass is 15.3. The van der Waals surface area contributed by atoms with Gasteiger partial charge in [-0.2, -0.15) is 5.10 Å². The number of aromatic nitrogens is 2. The van der Waals surface area contributed by atoms with Crippen LogP contribution in [0.4, 0.5) is 5.82 Å². The number of fused-ring (bicyclic) bond motifs is 1. The molecule has 0 unspecified atom stereocenters. The molecule has 4 nitrogen and oxygen atoms in total. The van der Waals surface area contributed by atoms with Gasteiger partial charge in [0.25, 0.3) is 0 Å². The summed E-state index contributed by atoms with van der Waals surface area (Å²) in [6.07, 6.45) is 2.48. The van der Waals surface area contributed by atoms with E-state index >= 15 is 0 Å². The number of hydrogen-bond acceptors (Lipinski definition) is 4. The van der Waals surface area contributed by atoms with E-state index in [9.17, 15) is 0 Å². The Morgan fingerprint density at radius 3 is 2.08 bits per heavy atom. The van der Waals surface area contributed by atoms with Gasteiger partial charge in [-0.25, -0.2) is 9.97 Å². The SMILES string of the molecule is C(=N/Nc1nc2ccccc2nc1Cc1ccccc1)/c1ccccc1. The number of hydrogen-bond donors (Lipinski definition) is 1. The Morgan fingerprint density at radius 2 is 1.35 bits per heavy atom. The molecule has 0 aliphatic heterocycles. The smallest absolute Gasteiger partial charge is 0.169 e. The monoisotopic (exact) mass is 338 g/mol. The summed E-state index contributed by atoms with van der Waals surface area (Å²) in [6.45, 7) is 0. The second-order valence-corrected chi connectivity index (χ2v) is 5.95. The van der Waals surface area contributed by atoms with Crippen molar-refractivity contribution in [3.05, 3.63) is 102 Å². The van der Waals surface area contributed by atoms with Crippen LogP contribution in [-0.2, 0) is 6.42 Å². The molecule has 0 saturated carbocycles. The van der Waals surface area contributed by atoms with Crippen LogP contribution in [0.25, 0.3) is 11.0 Å². The molecule has 0 fully saturated rings. The largest absolute Gasteiger partial charge is 0.260 e. The average Bonchev–Trinajstić information content (AvgIpc) is 2.70. The summed E-state index contributed by atoms with van der Waals surface area (Å²) in [6, 6.07) is 28.1. The standard InChI is InChI=1S/C22H18N4/c1-3-9-17(10-4-1)15-21-22(25-20-14-8-7-13-19(20)24-21)26-23-16-18-11-5-2-6-12-18/h1-14,16H,15H2,(H,25,26)/b23-16-. The van der Waals surface area contributed by atoms with Crippen LogP contribution in [0.5, 0.6) is 0 Å². The molecule has 4 aromatic rings. The van der Waals surface area contributed by atoms with Gasteiger partial charge in [-0.3, -0.25) is 5.43 Å². The molecule has 0 aliphatic rings. The normalized spacial score (nSPS) is 11.1. The number of rotatable bonds is 5. The first kappa shape index (κ1) is 16.0. The molecule has 4 rings (SSSR count). The Labute approximate surface area is 152 Å². The molecule has 26 heavy (non-hydrogen) atoms. The lowest BCUT2D eigenvalue weighted by molar-refractivity contribution is 1.06. The highest BCUT2D eigenvalue weighted by Crippen LogP contribution is 2.20. The van der Waals surface area contributed by atoms with E-state index in [0.717, 1.165) is 22.3 Å². The van der Waals surface area contributed by atoms with E-state index in [1.807, 2.05) is 72.8 Å². The molecule has 0 bridgehead atoms. The summed E-state index contributed by atoms with van der Waals surface area (Å²) < 4.78 is 0. The third-order valence-electron chi connectivity index (χ3n) is 4.04. The average molecular weight is 338 g/mol. The van der Waals surface area contributed by atoms with Crippen LogP contribution < -0.4 is 5.43 Å². The highest BCUT2D eigenvalue weighted by Gasteiger charge is 2.09. The van der Waals surface area contributed by atoms with Crippen molar-refractivity contribution in [1.82, 2.24) is 9.97 Å². The highest BCUT2D eigenvalue weighted by molar-refractivity contribution is 5.80. The lowest BCUT2D eigenvalue weighted by Gasteiger charge is -2.09. The van der Waals surface area contributed by atoms with E-state index in [1.54, 1.807) is 6.21 Å². The van der Waals surface area contributed by atoms with Gasteiger partial charge in [0, 0.05) is 6.42 Å². The van der Waals surface area contributed by atoms with Crippen LogP contribution in [-0.4, -0.2) is 16.2 Å².